The number of benzene rings is 1. The zero-order valence-electron chi connectivity index (χ0n) is 8.85. The van der Waals surface area contributed by atoms with Gasteiger partial charge < -0.3 is 5.73 Å². The highest BCUT2D eigenvalue weighted by atomic mass is 79.9. The Morgan fingerprint density at radius 2 is 2.06 bits per heavy atom. The molecule has 0 amide bonds. The third-order valence-corrected chi connectivity index (χ3v) is 3.59. The fraction of sp³-hybridized carbons (Fsp3) is 0.182. The maximum atomic E-state index is 5.96. The average molecular weight is 298 g/mol. The van der Waals surface area contributed by atoms with E-state index in [-0.39, 0.29) is 0 Å². The summed E-state index contributed by atoms with van der Waals surface area (Å²) in [5, 5.41) is 4.26. The molecule has 3 nitrogen and oxygen atoms in total. The number of hydrogen-bond acceptors (Lipinski definition) is 3. The molecule has 0 aliphatic carbocycles. The zero-order chi connectivity index (χ0) is 11.5. The van der Waals surface area contributed by atoms with E-state index in [1.54, 1.807) is 18.0 Å². The van der Waals surface area contributed by atoms with Crippen molar-refractivity contribution >= 4 is 33.5 Å². The van der Waals surface area contributed by atoms with Crippen LogP contribution in [0.5, 0.6) is 0 Å². The molecule has 2 rings (SSSR count). The van der Waals surface area contributed by atoms with Gasteiger partial charge in [-0.15, -0.1) is 11.8 Å². The Hall–Kier alpha value is -0.940. The molecular weight excluding hydrogens is 286 g/mol. The van der Waals surface area contributed by atoms with Crippen LogP contribution in [0.25, 0.3) is 0 Å². The number of halogens is 1. The minimum atomic E-state index is 0.708. The molecule has 1 aromatic carbocycles. The molecule has 0 saturated heterocycles. The van der Waals surface area contributed by atoms with Crippen LogP contribution in [0.2, 0.25) is 0 Å². The minimum Gasteiger partial charge on any atom is -0.383 e. The van der Waals surface area contributed by atoms with Gasteiger partial charge in [0.1, 0.15) is 5.82 Å². The van der Waals surface area contributed by atoms with Crippen molar-refractivity contribution in [2.45, 2.75) is 11.4 Å². The van der Waals surface area contributed by atoms with Gasteiger partial charge >= 0.3 is 0 Å². The van der Waals surface area contributed by atoms with Gasteiger partial charge in [0.15, 0.2) is 0 Å². The fourth-order valence-electron chi connectivity index (χ4n) is 1.42. The largest absolute Gasteiger partial charge is 0.383 e. The Kier molecular flexibility index (Phi) is 3.56. The molecule has 16 heavy (non-hydrogen) atoms. The normalized spacial score (nSPS) is 10.6. The molecule has 0 fully saturated rings. The third kappa shape index (κ3) is 2.41. The molecular formula is C11H12BrN3S. The molecule has 0 bridgehead atoms. The smallest absolute Gasteiger partial charge is 0.135 e. The highest BCUT2D eigenvalue weighted by Crippen LogP contribution is 2.22. The van der Waals surface area contributed by atoms with Crippen LogP contribution >= 0.6 is 27.7 Å². The monoisotopic (exact) mass is 297 g/mol. The van der Waals surface area contributed by atoms with Crippen molar-refractivity contribution in [2.24, 2.45) is 0 Å². The molecule has 2 N–H and O–H groups in total. The summed E-state index contributed by atoms with van der Waals surface area (Å²) in [6.45, 7) is 0.708. The van der Waals surface area contributed by atoms with Crippen molar-refractivity contribution in [1.29, 1.82) is 0 Å². The Bertz CT molecular complexity index is 478. The summed E-state index contributed by atoms with van der Waals surface area (Å²) in [4.78, 5) is 1.03. The van der Waals surface area contributed by atoms with Crippen LogP contribution in [0, 0.1) is 0 Å². The summed E-state index contributed by atoms with van der Waals surface area (Å²) < 4.78 is 2.89. The molecule has 0 atom stereocenters. The highest BCUT2D eigenvalue weighted by molar-refractivity contribution is 9.10. The maximum Gasteiger partial charge on any atom is 0.135 e. The van der Waals surface area contributed by atoms with Crippen LogP contribution in [0.1, 0.15) is 5.56 Å². The van der Waals surface area contributed by atoms with Gasteiger partial charge in [-0.2, -0.15) is 5.10 Å². The van der Waals surface area contributed by atoms with Crippen LogP contribution < -0.4 is 5.73 Å². The van der Waals surface area contributed by atoms with E-state index in [2.05, 4.69) is 33.2 Å². The molecule has 1 heterocycles. The Morgan fingerprint density at radius 1 is 1.38 bits per heavy atom. The van der Waals surface area contributed by atoms with Crippen molar-refractivity contribution < 1.29 is 0 Å². The quantitative estimate of drug-likeness (QED) is 0.886. The third-order valence-electron chi connectivity index (χ3n) is 2.31. The highest BCUT2D eigenvalue weighted by Gasteiger charge is 2.06. The molecule has 84 valence electrons. The molecule has 5 heteroatoms. The van der Waals surface area contributed by atoms with Crippen LogP contribution in [-0.2, 0) is 6.54 Å². The van der Waals surface area contributed by atoms with Crippen LogP contribution in [0.15, 0.2) is 39.8 Å². The van der Waals surface area contributed by atoms with Gasteiger partial charge in [0.05, 0.1) is 17.6 Å². The SMILES string of the molecule is CSc1cnn(Cc2ccc(Br)cc2)c1N. The maximum absolute atomic E-state index is 5.96. The van der Waals surface area contributed by atoms with Gasteiger partial charge in [-0.25, -0.2) is 4.68 Å². The van der Waals surface area contributed by atoms with Crippen molar-refractivity contribution in [1.82, 2.24) is 9.78 Å². The molecule has 0 spiro atoms. The first-order chi connectivity index (χ1) is 7.70. The van der Waals surface area contributed by atoms with Crippen LogP contribution in [0.3, 0.4) is 0 Å². The fourth-order valence-corrected chi connectivity index (χ4v) is 2.16. The number of nitrogens with zero attached hydrogens (tertiary/aromatic N) is 2. The van der Waals surface area contributed by atoms with Crippen molar-refractivity contribution in [3.8, 4) is 0 Å². The summed E-state index contributed by atoms with van der Waals surface area (Å²) in [5.74, 6) is 0.732. The average Bonchev–Trinajstić information content (AvgIpc) is 2.63. The van der Waals surface area contributed by atoms with E-state index in [0.29, 0.717) is 6.54 Å². The topological polar surface area (TPSA) is 43.8 Å². The lowest BCUT2D eigenvalue weighted by Crippen LogP contribution is -2.05. The number of aromatic nitrogens is 2. The number of thioether (sulfide) groups is 1. The molecule has 2 aromatic rings. The molecule has 0 aliphatic rings. The molecule has 0 saturated carbocycles. The van der Waals surface area contributed by atoms with Crippen LogP contribution in [-0.4, -0.2) is 16.0 Å². The summed E-state index contributed by atoms with van der Waals surface area (Å²) >= 11 is 5.02. The summed E-state index contributed by atoms with van der Waals surface area (Å²) in [6.07, 6.45) is 3.80. The first-order valence-corrected chi connectivity index (χ1v) is 6.82. The first-order valence-electron chi connectivity index (χ1n) is 4.80. The lowest BCUT2D eigenvalue weighted by Gasteiger charge is -2.05. The second-order valence-electron chi connectivity index (χ2n) is 3.38. The lowest BCUT2D eigenvalue weighted by atomic mass is 10.2. The van der Waals surface area contributed by atoms with Gasteiger partial charge in [0.2, 0.25) is 0 Å². The Balaban J connectivity index is 2.20. The van der Waals surface area contributed by atoms with E-state index in [9.17, 15) is 0 Å². The number of anilines is 1. The van der Waals surface area contributed by atoms with Gasteiger partial charge in [-0.3, -0.25) is 0 Å². The van der Waals surface area contributed by atoms with E-state index >= 15 is 0 Å². The predicted octanol–water partition coefficient (Wildman–Crippen LogP) is 3.00. The second-order valence-corrected chi connectivity index (χ2v) is 5.15. The number of rotatable bonds is 3. The van der Waals surface area contributed by atoms with Crippen molar-refractivity contribution in [3.63, 3.8) is 0 Å². The lowest BCUT2D eigenvalue weighted by molar-refractivity contribution is 0.696. The number of hydrogen-bond donors (Lipinski definition) is 1. The van der Waals surface area contributed by atoms with Gasteiger partial charge in [-0.1, -0.05) is 28.1 Å². The first kappa shape index (κ1) is 11.5. The molecule has 1 aromatic heterocycles. The predicted molar refractivity (Wildman–Crippen MR) is 71.7 cm³/mol. The summed E-state index contributed by atoms with van der Waals surface area (Å²) in [5.41, 5.74) is 7.15. The van der Waals surface area contributed by atoms with Gasteiger partial charge in [0.25, 0.3) is 0 Å². The number of nitrogen functional groups attached to an aromatic ring is 1. The van der Waals surface area contributed by atoms with E-state index in [1.165, 1.54) is 5.56 Å². The van der Waals surface area contributed by atoms with E-state index < -0.39 is 0 Å². The molecule has 0 radical (unpaired) electrons. The zero-order valence-corrected chi connectivity index (χ0v) is 11.3. The summed E-state index contributed by atoms with van der Waals surface area (Å²) in [6, 6.07) is 8.16. The standard InChI is InChI=1S/C11H12BrN3S/c1-16-10-6-14-15(11(10)13)7-8-2-4-9(12)5-3-8/h2-6H,7,13H2,1H3. The van der Waals surface area contributed by atoms with E-state index in [0.717, 1.165) is 15.2 Å². The Labute approximate surface area is 107 Å². The van der Waals surface area contributed by atoms with E-state index in [4.69, 9.17) is 5.73 Å². The van der Waals surface area contributed by atoms with Gasteiger partial charge in [-0.05, 0) is 24.0 Å². The van der Waals surface area contributed by atoms with E-state index in [1.807, 2.05) is 23.1 Å². The van der Waals surface area contributed by atoms with Gasteiger partial charge in [0, 0.05) is 4.47 Å². The summed E-state index contributed by atoms with van der Waals surface area (Å²) in [7, 11) is 0. The molecule has 0 aliphatic heterocycles. The minimum absolute atomic E-state index is 0.708. The molecule has 0 unspecified atom stereocenters. The number of nitrogens with two attached hydrogens (primary N) is 1. The van der Waals surface area contributed by atoms with Crippen molar-refractivity contribution in [3.05, 3.63) is 40.5 Å². The van der Waals surface area contributed by atoms with Crippen molar-refractivity contribution in [2.75, 3.05) is 12.0 Å². The Morgan fingerprint density at radius 3 is 2.62 bits per heavy atom. The van der Waals surface area contributed by atoms with Crippen LogP contribution in [0.4, 0.5) is 5.82 Å². The second kappa shape index (κ2) is 4.93.